The number of benzene rings is 2. The first-order valence-electron chi connectivity index (χ1n) is 8.00. The Labute approximate surface area is 158 Å². The summed E-state index contributed by atoms with van der Waals surface area (Å²) in [7, 11) is -7.22. The zero-order valence-corrected chi connectivity index (χ0v) is 16.7. The van der Waals surface area contributed by atoms with Crippen LogP contribution in [0.1, 0.15) is 17.5 Å². The average molecular weight is 415 g/mol. The van der Waals surface area contributed by atoms with E-state index < -0.39 is 20.0 Å². The lowest BCUT2D eigenvalue weighted by molar-refractivity contribution is 0.598. The molecule has 0 saturated carbocycles. The van der Waals surface area contributed by atoms with Gasteiger partial charge in [0, 0.05) is 6.54 Å². The summed E-state index contributed by atoms with van der Waals surface area (Å²) < 4.78 is 53.4. The maximum absolute atomic E-state index is 12.7. The summed E-state index contributed by atoms with van der Waals surface area (Å²) in [5.41, 5.74) is 2.14. The van der Waals surface area contributed by atoms with Gasteiger partial charge in [0.1, 0.15) is 0 Å². The van der Waals surface area contributed by atoms with E-state index >= 15 is 0 Å². The summed E-state index contributed by atoms with van der Waals surface area (Å²) >= 11 is 6.15. The van der Waals surface area contributed by atoms with Gasteiger partial charge in [-0.2, -0.15) is 0 Å². The number of hydrogen-bond donors (Lipinski definition) is 1. The van der Waals surface area contributed by atoms with Gasteiger partial charge in [0.15, 0.2) is 0 Å². The van der Waals surface area contributed by atoms with Crippen LogP contribution < -0.4 is 9.03 Å². The van der Waals surface area contributed by atoms with Crippen LogP contribution in [-0.2, 0) is 20.0 Å². The van der Waals surface area contributed by atoms with E-state index in [1.54, 1.807) is 25.1 Å². The van der Waals surface area contributed by atoms with E-state index in [0.29, 0.717) is 18.5 Å². The van der Waals surface area contributed by atoms with Crippen LogP contribution in [0.2, 0.25) is 5.02 Å². The second kappa shape index (κ2) is 6.75. The first kappa shape index (κ1) is 19.0. The van der Waals surface area contributed by atoms with Crippen molar-refractivity contribution < 1.29 is 16.8 Å². The van der Waals surface area contributed by atoms with Crippen LogP contribution in [0.3, 0.4) is 0 Å². The molecule has 0 aromatic heterocycles. The van der Waals surface area contributed by atoms with Crippen molar-refractivity contribution in [3.63, 3.8) is 0 Å². The molecule has 2 aromatic rings. The maximum atomic E-state index is 12.7. The van der Waals surface area contributed by atoms with Gasteiger partial charge < -0.3 is 0 Å². The smallest absolute Gasteiger partial charge is 0.262 e. The van der Waals surface area contributed by atoms with Crippen molar-refractivity contribution in [3.05, 3.63) is 52.5 Å². The van der Waals surface area contributed by atoms with Gasteiger partial charge in [0.25, 0.3) is 10.0 Å². The zero-order chi connectivity index (χ0) is 19.1. The van der Waals surface area contributed by atoms with E-state index in [-0.39, 0.29) is 27.0 Å². The molecule has 0 aliphatic carbocycles. The van der Waals surface area contributed by atoms with E-state index in [1.165, 1.54) is 22.5 Å². The highest BCUT2D eigenvalue weighted by Gasteiger charge is 2.30. The molecule has 0 radical (unpaired) electrons. The predicted molar refractivity (Wildman–Crippen MR) is 104 cm³/mol. The minimum absolute atomic E-state index is 0.0574. The lowest BCUT2D eigenvalue weighted by atomic mass is 10.2. The Morgan fingerprint density at radius 3 is 2.46 bits per heavy atom. The van der Waals surface area contributed by atoms with E-state index in [1.807, 2.05) is 6.92 Å². The third-order valence-electron chi connectivity index (χ3n) is 4.19. The van der Waals surface area contributed by atoms with Crippen molar-refractivity contribution in [1.82, 2.24) is 0 Å². The van der Waals surface area contributed by atoms with Crippen molar-refractivity contribution in [1.29, 1.82) is 0 Å². The van der Waals surface area contributed by atoms with Gasteiger partial charge in [0.2, 0.25) is 10.0 Å². The van der Waals surface area contributed by atoms with Gasteiger partial charge in [-0.1, -0.05) is 29.3 Å². The molecule has 1 aliphatic heterocycles. The van der Waals surface area contributed by atoms with Crippen LogP contribution >= 0.6 is 11.6 Å². The zero-order valence-electron chi connectivity index (χ0n) is 14.4. The Morgan fingerprint density at radius 2 is 1.85 bits per heavy atom. The summed E-state index contributed by atoms with van der Waals surface area (Å²) in [6, 6.07) is 9.52. The molecule has 0 unspecified atom stereocenters. The molecule has 1 N–H and O–H groups in total. The Morgan fingerprint density at radius 1 is 1.12 bits per heavy atom. The Kier molecular flexibility index (Phi) is 4.94. The molecule has 26 heavy (non-hydrogen) atoms. The molecule has 0 amide bonds. The van der Waals surface area contributed by atoms with Crippen LogP contribution in [0.4, 0.5) is 11.4 Å². The molecule has 6 nitrogen and oxygen atoms in total. The summed E-state index contributed by atoms with van der Waals surface area (Å²) in [4.78, 5) is 0.174. The largest absolute Gasteiger partial charge is 0.280 e. The highest BCUT2D eigenvalue weighted by molar-refractivity contribution is 7.93. The summed E-state index contributed by atoms with van der Waals surface area (Å²) in [6.45, 7) is 3.94. The second-order valence-electron chi connectivity index (χ2n) is 6.28. The van der Waals surface area contributed by atoms with E-state index in [9.17, 15) is 16.8 Å². The molecule has 2 aromatic carbocycles. The number of aryl methyl sites for hydroxylation is 2. The average Bonchev–Trinajstić information content (AvgIpc) is 2.87. The first-order chi connectivity index (χ1) is 12.1. The molecule has 0 bridgehead atoms. The fourth-order valence-electron chi connectivity index (χ4n) is 2.99. The minimum atomic E-state index is -3.80. The number of rotatable bonds is 4. The number of sulfonamides is 2. The minimum Gasteiger partial charge on any atom is -0.280 e. The molecule has 140 valence electrons. The molecular formula is C17H19ClN2O4S2. The SMILES string of the molecule is Cc1ccc(S(=O)(=O)Nc2ccc(Cl)c(N3CCCS3(=O)=O)c2)c(C)c1. The van der Waals surface area contributed by atoms with Gasteiger partial charge in [0.05, 0.1) is 27.0 Å². The fourth-order valence-corrected chi connectivity index (χ4v) is 6.11. The molecule has 1 aliphatic rings. The molecule has 0 atom stereocenters. The molecule has 3 rings (SSSR count). The Bertz CT molecular complexity index is 1070. The Hall–Kier alpha value is -1.77. The van der Waals surface area contributed by atoms with E-state index in [2.05, 4.69) is 4.72 Å². The van der Waals surface area contributed by atoms with Crippen molar-refractivity contribution in [2.24, 2.45) is 0 Å². The number of anilines is 2. The van der Waals surface area contributed by atoms with Crippen molar-refractivity contribution >= 4 is 43.0 Å². The monoisotopic (exact) mass is 414 g/mol. The summed E-state index contributed by atoms with van der Waals surface area (Å²) in [5.74, 6) is 0.0574. The van der Waals surface area contributed by atoms with E-state index in [0.717, 1.165) is 5.56 Å². The fraction of sp³-hybridized carbons (Fsp3) is 0.294. The quantitative estimate of drug-likeness (QED) is 0.831. The van der Waals surface area contributed by atoms with Gasteiger partial charge in [-0.3, -0.25) is 9.03 Å². The molecule has 0 spiro atoms. The number of nitrogens with one attached hydrogen (secondary N) is 1. The highest BCUT2D eigenvalue weighted by atomic mass is 35.5. The lowest BCUT2D eigenvalue weighted by Crippen LogP contribution is -2.25. The van der Waals surface area contributed by atoms with Gasteiger partial charge in [-0.15, -0.1) is 0 Å². The van der Waals surface area contributed by atoms with E-state index in [4.69, 9.17) is 11.6 Å². The predicted octanol–water partition coefficient (Wildman–Crippen LogP) is 3.30. The van der Waals surface area contributed by atoms with Gasteiger partial charge >= 0.3 is 0 Å². The molecular weight excluding hydrogens is 396 g/mol. The van der Waals surface area contributed by atoms with Gasteiger partial charge in [-0.05, 0) is 50.1 Å². The maximum Gasteiger partial charge on any atom is 0.262 e. The summed E-state index contributed by atoms with van der Waals surface area (Å²) in [5, 5.41) is 0.255. The van der Waals surface area contributed by atoms with Crippen LogP contribution in [0.5, 0.6) is 0 Å². The number of hydrogen-bond acceptors (Lipinski definition) is 4. The molecule has 1 saturated heterocycles. The van der Waals surface area contributed by atoms with Crippen molar-refractivity contribution in [2.75, 3.05) is 21.3 Å². The number of nitrogens with zero attached hydrogens (tertiary/aromatic N) is 1. The van der Waals surface area contributed by atoms with Crippen molar-refractivity contribution in [3.8, 4) is 0 Å². The lowest BCUT2D eigenvalue weighted by Gasteiger charge is -2.19. The van der Waals surface area contributed by atoms with Gasteiger partial charge in [-0.25, -0.2) is 16.8 Å². The standard InChI is InChI=1S/C17H19ClN2O4S2/c1-12-4-7-17(13(2)10-12)26(23,24)19-14-5-6-15(18)16(11-14)20-8-3-9-25(20,21)22/h4-7,10-11,19H,3,8-9H2,1-2H3. The Balaban J connectivity index is 1.97. The third-order valence-corrected chi connectivity index (χ3v) is 7.90. The topological polar surface area (TPSA) is 83.6 Å². The normalized spacial score (nSPS) is 16.7. The second-order valence-corrected chi connectivity index (χ2v) is 10.4. The van der Waals surface area contributed by atoms with Crippen LogP contribution in [0, 0.1) is 13.8 Å². The molecule has 9 heteroatoms. The third kappa shape index (κ3) is 3.67. The highest BCUT2D eigenvalue weighted by Crippen LogP contribution is 2.34. The molecule has 1 fully saturated rings. The van der Waals surface area contributed by atoms with Crippen LogP contribution in [-0.4, -0.2) is 29.1 Å². The van der Waals surface area contributed by atoms with Crippen molar-refractivity contribution in [2.45, 2.75) is 25.2 Å². The van der Waals surface area contributed by atoms with Crippen LogP contribution in [0.15, 0.2) is 41.3 Å². The summed E-state index contributed by atoms with van der Waals surface area (Å²) in [6.07, 6.45) is 0.511. The van der Waals surface area contributed by atoms with Crippen LogP contribution in [0.25, 0.3) is 0 Å². The molecule has 1 heterocycles. The first-order valence-corrected chi connectivity index (χ1v) is 11.5. The number of halogens is 1.